The van der Waals surface area contributed by atoms with Crippen LogP contribution in [0.5, 0.6) is 0 Å². The van der Waals surface area contributed by atoms with Crippen LogP contribution in [0.25, 0.3) is 0 Å². The Morgan fingerprint density at radius 1 is 1.29 bits per heavy atom. The van der Waals surface area contributed by atoms with Crippen LogP contribution in [0.3, 0.4) is 0 Å². The van der Waals surface area contributed by atoms with Crippen molar-refractivity contribution in [3.63, 3.8) is 0 Å². The molecule has 0 radical (unpaired) electrons. The summed E-state index contributed by atoms with van der Waals surface area (Å²) in [6.45, 7) is 5.01. The molecule has 116 valence electrons. The van der Waals surface area contributed by atoms with Crippen molar-refractivity contribution in [3.05, 3.63) is 29.8 Å². The van der Waals surface area contributed by atoms with Crippen molar-refractivity contribution in [3.8, 4) is 0 Å². The summed E-state index contributed by atoms with van der Waals surface area (Å²) >= 11 is 0. The fourth-order valence-corrected chi connectivity index (χ4v) is 3.77. The van der Waals surface area contributed by atoms with E-state index in [-0.39, 0.29) is 17.3 Å². The Morgan fingerprint density at radius 2 is 1.95 bits per heavy atom. The number of hydrogen-bond acceptors (Lipinski definition) is 3. The molecule has 0 aliphatic carbocycles. The summed E-state index contributed by atoms with van der Waals surface area (Å²) in [6.07, 6.45) is 1.65. The molecule has 1 amide bonds. The Kier molecular flexibility index (Phi) is 5.00. The third-order valence-electron chi connectivity index (χ3n) is 3.93. The minimum absolute atomic E-state index is 0.102. The highest BCUT2D eigenvalue weighted by molar-refractivity contribution is 7.89. The fourth-order valence-electron chi connectivity index (χ4n) is 2.34. The van der Waals surface area contributed by atoms with Crippen molar-refractivity contribution in [2.75, 3.05) is 19.6 Å². The Labute approximate surface area is 126 Å². The predicted molar refractivity (Wildman–Crippen MR) is 81.5 cm³/mol. The number of carbonyl (C=O) groups excluding carboxylic acids is 1. The van der Waals surface area contributed by atoms with Crippen LogP contribution in [0.2, 0.25) is 0 Å². The number of hydrogen-bond donors (Lipinski definition) is 1. The van der Waals surface area contributed by atoms with Crippen LogP contribution in [0.1, 0.15) is 38.2 Å². The van der Waals surface area contributed by atoms with Gasteiger partial charge in [-0.25, -0.2) is 8.42 Å². The molecule has 1 saturated heterocycles. The van der Waals surface area contributed by atoms with Gasteiger partial charge in [-0.15, -0.1) is 0 Å². The maximum atomic E-state index is 12.6. The first-order valence-corrected chi connectivity index (χ1v) is 8.76. The molecule has 2 rings (SSSR count). The van der Waals surface area contributed by atoms with Gasteiger partial charge in [0.1, 0.15) is 0 Å². The zero-order valence-corrected chi connectivity index (χ0v) is 13.3. The Hall–Kier alpha value is -1.40. The van der Waals surface area contributed by atoms with E-state index < -0.39 is 10.0 Å². The lowest BCUT2D eigenvalue weighted by molar-refractivity contribution is -0.120. The van der Waals surface area contributed by atoms with E-state index in [2.05, 4.69) is 19.2 Å². The Balaban J connectivity index is 2.24. The van der Waals surface area contributed by atoms with Crippen molar-refractivity contribution < 1.29 is 13.2 Å². The summed E-state index contributed by atoms with van der Waals surface area (Å²) in [5.74, 6) is 0.165. The predicted octanol–water partition coefficient (Wildman–Crippen LogP) is 1.71. The third-order valence-corrected chi connectivity index (χ3v) is 5.79. The zero-order chi connectivity index (χ0) is 15.5. The highest BCUT2D eigenvalue weighted by Crippen LogP contribution is 2.22. The molecule has 5 nitrogen and oxygen atoms in total. The van der Waals surface area contributed by atoms with Crippen LogP contribution in [0, 0.1) is 0 Å². The monoisotopic (exact) mass is 310 g/mol. The van der Waals surface area contributed by atoms with E-state index in [9.17, 15) is 13.2 Å². The summed E-state index contributed by atoms with van der Waals surface area (Å²) < 4.78 is 26.4. The van der Waals surface area contributed by atoms with Gasteiger partial charge >= 0.3 is 0 Å². The maximum Gasteiger partial charge on any atom is 0.243 e. The van der Waals surface area contributed by atoms with E-state index in [1.807, 2.05) is 12.1 Å². The SMILES string of the molecule is CCC(C)c1ccc(S(=O)(=O)N2CCCNC(=O)C2)cc1. The molecule has 1 aromatic carbocycles. The van der Waals surface area contributed by atoms with E-state index in [1.165, 1.54) is 4.31 Å². The zero-order valence-electron chi connectivity index (χ0n) is 12.5. The van der Waals surface area contributed by atoms with E-state index in [1.54, 1.807) is 12.1 Å². The van der Waals surface area contributed by atoms with Crippen LogP contribution in [0.4, 0.5) is 0 Å². The average Bonchev–Trinajstić information content (AvgIpc) is 2.71. The van der Waals surface area contributed by atoms with Crippen molar-refractivity contribution >= 4 is 15.9 Å². The van der Waals surface area contributed by atoms with Crippen LogP contribution in [-0.4, -0.2) is 38.3 Å². The van der Waals surface area contributed by atoms with Crippen molar-refractivity contribution in [1.29, 1.82) is 0 Å². The Bertz CT molecular complexity index is 596. The van der Waals surface area contributed by atoms with Gasteiger partial charge in [-0.05, 0) is 36.5 Å². The molecule has 21 heavy (non-hydrogen) atoms. The van der Waals surface area contributed by atoms with Gasteiger partial charge in [0.15, 0.2) is 0 Å². The fraction of sp³-hybridized carbons (Fsp3) is 0.533. The first-order chi connectivity index (χ1) is 9.95. The summed E-state index contributed by atoms with van der Waals surface area (Å²) in [6, 6.07) is 7.00. The van der Waals surface area contributed by atoms with Crippen LogP contribution >= 0.6 is 0 Å². The minimum atomic E-state index is -3.59. The van der Waals surface area contributed by atoms with Crippen LogP contribution < -0.4 is 5.32 Å². The van der Waals surface area contributed by atoms with E-state index in [4.69, 9.17) is 0 Å². The number of rotatable bonds is 4. The summed E-state index contributed by atoms with van der Waals surface area (Å²) in [7, 11) is -3.59. The molecule has 0 saturated carbocycles. The molecule has 1 aliphatic rings. The van der Waals surface area contributed by atoms with Crippen LogP contribution in [-0.2, 0) is 14.8 Å². The van der Waals surface area contributed by atoms with E-state index in [0.717, 1.165) is 12.0 Å². The van der Waals surface area contributed by atoms with Crippen molar-refractivity contribution in [2.24, 2.45) is 0 Å². The largest absolute Gasteiger partial charge is 0.355 e. The lowest BCUT2D eigenvalue weighted by Gasteiger charge is -2.19. The van der Waals surface area contributed by atoms with Crippen molar-refractivity contribution in [2.45, 2.75) is 37.5 Å². The second-order valence-electron chi connectivity index (χ2n) is 5.42. The van der Waals surface area contributed by atoms with Crippen molar-refractivity contribution in [1.82, 2.24) is 9.62 Å². The molecule has 6 heteroatoms. The topological polar surface area (TPSA) is 66.5 Å². The molecule has 1 unspecified atom stereocenters. The normalized spacial score (nSPS) is 18.9. The molecule has 0 bridgehead atoms. The number of carbonyl (C=O) groups is 1. The van der Waals surface area contributed by atoms with Gasteiger partial charge in [0.25, 0.3) is 0 Å². The van der Waals surface area contributed by atoms with Gasteiger partial charge in [-0.3, -0.25) is 4.79 Å². The summed E-state index contributed by atoms with van der Waals surface area (Å²) in [5.41, 5.74) is 1.13. The molecule has 1 fully saturated rings. The standard InChI is InChI=1S/C15H22N2O3S/c1-3-12(2)13-5-7-14(8-6-13)21(19,20)17-10-4-9-16-15(18)11-17/h5-8,12H,3-4,9-11H2,1-2H3,(H,16,18). The third kappa shape index (κ3) is 3.63. The smallest absolute Gasteiger partial charge is 0.243 e. The van der Waals surface area contributed by atoms with E-state index >= 15 is 0 Å². The quantitative estimate of drug-likeness (QED) is 0.920. The molecule has 1 N–H and O–H groups in total. The molecular formula is C15H22N2O3S. The van der Waals surface area contributed by atoms with Crippen LogP contribution in [0.15, 0.2) is 29.2 Å². The lowest BCUT2D eigenvalue weighted by atomic mass is 9.99. The highest BCUT2D eigenvalue weighted by atomic mass is 32.2. The molecule has 1 atom stereocenters. The van der Waals surface area contributed by atoms with Gasteiger partial charge in [-0.1, -0.05) is 26.0 Å². The van der Waals surface area contributed by atoms with Gasteiger partial charge in [0.05, 0.1) is 11.4 Å². The number of nitrogens with zero attached hydrogens (tertiary/aromatic N) is 1. The van der Waals surface area contributed by atoms with E-state index in [0.29, 0.717) is 25.4 Å². The van der Waals surface area contributed by atoms with Gasteiger partial charge in [0, 0.05) is 13.1 Å². The minimum Gasteiger partial charge on any atom is -0.355 e. The summed E-state index contributed by atoms with van der Waals surface area (Å²) in [5, 5.41) is 2.68. The number of amides is 1. The number of nitrogens with one attached hydrogen (secondary N) is 1. The molecule has 1 aliphatic heterocycles. The molecule has 1 heterocycles. The second kappa shape index (κ2) is 6.58. The molecule has 1 aromatic rings. The molecular weight excluding hydrogens is 288 g/mol. The number of benzene rings is 1. The lowest BCUT2D eigenvalue weighted by Crippen LogP contribution is -2.37. The number of sulfonamides is 1. The first-order valence-electron chi connectivity index (χ1n) is 7.32. The molecule has 0 aromatic heterocycles. The first kappa shape index (κ1) is 16.0. The highest BCUT2D eigenvalue weighted by Gasteiger charge is 2.27. The second-order valence-corrected chi connectivity index (χ2v) is 7.36. The van der Waals surface area contributed by atoms with Gasteiger partial charge in [0.2, 0.25) is 15.9 Å². The summed E-state index contributed by atoms with van der Waals surface area (Å²) in [4.78, 5) is 11.8. The Morgan fingerprint density at radius 3 is 2.57 bits per heavy atom. The average molecular weight is 310 g/mol. The maximum absolute atomic E-state index is 12.6. The van der Waals surface area contributed by atoms with Gasteiger partial charge < -0.3 is 5.32 Å². The molecule has 0 spiro atoms. The van der Waals surface area contributed by atoms with Gasteiger partial charge in [-0.2, -0.15) is 4.31 Å².